The molecule has 0 aromatic rings. The number of hydrogen-bond acceptors (Lipinski definition) is 4. The topological polar surface area (TPSA) is 63.2 Å². The molecule has 1 amide bonds. The van der Waals surface area contributed by atoms with Gasteiger partial charge in [-0.3, -0.25) is 4.79 Å². The van der Waals surface area contributed by atoms with Gasteiger partial charge in [-0.05, 0) is 37.0 Å². The molecule has 2 rings (SSSR count). The quantitative estimate of drug-likeness (QED) is 0.830. The van der Waals surface area contributed by atoms with Crippen molar-refractivity contribution in [3.05, 3.63) is 0 Å². The van der Waals surface area contributed by atoms with E-state index in [4.69, 9.17) is 0 Å². The summed E-state index contributed by atoms with van der Waals surface area (Å²) in [7, 11) is -2.85. The molecular formula is C16H29NO3S2. The van der Waals surface area contributed by atoms with Crippen molar-refractivity contribution >= 4 is 27.5 Å². The van der Waals surface area contributed by atoms with Crippen LogP contribution in [0.4, 0.5) is 0 Å². The number of carbonyl (C=O) groups excluding carboxylic acids is 1. The van der Waals surface area contributed by atoms with Gasteiger partial charge in [-0.2, -0.15) is 0 Å². The van der Waals surface area contributed by atoms with Crippen LogP contribution in [0.5, 0.6) is 0 Å². The van der Waals surface area contributed by atoms with Crippen LogP contribution >= 0.6 is 11.8 Å². The fourth-order valence-electron chi connectivity index (χ4n) is 3.70. The van der Waals surface area contributed by atoms with E-state index in [2.05, 4.69) is 26.1 Å². The van der Waals surface area contributed by atoms with E-state index in [1.165, 1.54) is 24.6 Å². The summed E-state index contributed by atoms with van der Waals surface area (Å²) >= 11 is 1.50. The average molecular weight is 348 g/mol. The van der Waals surface area contributed by atoms with E-state index in [-0.39, 0.29) is 28.7 Å². The minimum absolute atomic E-state index is 0.0686. The molecule has 2 fully saturated rings. The van der Waals surface area contributed by atoms with Gasteiger partial charge in [-0.1, -0.05) is 27.2 Å². The van der Waals surface area contributed by atoms with E-state index in [0.717, 1.165) is 6.42 Å². The Labute approximate surface area is 139 Å². The van der Waals surface area contributed by atoms with Gasteiger partial charge in [0.05, 0.1) is 17.3 Å². The van der Waals surface area contributed by atoms with Gasteiger partial charge < -0.3 is 5.32 Å². The molecule has 1 saturated carbocycles. The van der Waals surface area contributed by atoms with Crippen LogP contribution in [0.25, 0.3) is 0 Å². The van der Waals surface area contributed by atoms with Crippen molar-refractivity contribution in [2.75, 3.05) is 17.3 Å². The number of nitrogens with one attached hydrogen (secondary N) is 1. The number of carbonyl (C=O) groups is 1. The van der Waals surface area contributed by atoms with Gasteiger partial charge in [0.15, 0.2) is 9.84 Å². The smallest absolute Gasteiger partial charge is 0.230 e. The van der Waals surface area contributed by atoms with Gasteiger partial charge in [0.1, 0.15) is 0 Å². The van der Waals surface area contributed by atoms with Crippen LogP contribution in [0.3, 0.4) is 0 Å². The maximum atomic E-state index is 12.2. The third-order valence-corrected chi connectivity index (χ3v) is 8.29. The lowest BCUT2D eigenvalue weighted by atomic mass is 9.74. The Balaban J connectivity index is 1.80. The molecule has 22 heavy (non-hydrogen) atoms. The molecule has 0 spiro atoms. The summed E-state index contributed by atoms with van der Waals surface area (Å²) in [5.41, 5.74) is 0. The Morgan fingerprint density at radius 3 is 2.59 bits per heavy atom. The molecule has 4 nitrogen and oxygen atoms in total. The molecule has 1 N–H and O–H groups in total. The first-order valence-electron chi connectivity index (χ1n) is 8.38. The Morgan fingerprint density at radius 1 is 1.27 bits per heavy atom. The average Bonchev–Trinajstić information content (AvgIpc) is 2.76. The molecule has 128 valence electrons. The van der Waals surface area contributed by atoms with E-state index in [1.54, 1.807) is 0 Å². The van der Waals surface area contributed by atoms with Crippen molar-refractivity contribution in [1.82, 2.24) is 5.32 Å². The van der Waals surface area contributed by atoms with Crippen LogP contribution < -0.4 is 5.32 Å². The van der Waals surface area contributed by atoms with Gasteiger partial charge in [0, 0.05) is 11.3 Å². The second-order valence-electron chi connectivity index (χ2n) is 7.34. The second-order valence-corrected chi connectivity index (χ2v) is 10.9. The van der Waals surface area contributed by atoms with Crippen molar-refractivity contribution in [1.29, 1.82) is 0 Å². The molecule has 0 bridgehead atoms. The largest absolute Gasteiger partial charge is 0.352 e. The zero-order chi connectivity index (χ0) is 16.3. The number of rotatable bonds is 5. The number of hydrogen-bond donors (Lipinski definition) is 1. The van der Waals surface area contributed by atoms with Crippen LogP contribution in [0.2, 0.25) is 0 Å². The maximum absolute atomic E-state index is 12.2. The standard InChI is InChI=1S/C16H29NO3S2/c1-11(2)14-5-4-12(3)8-15(14)17-16(18)9-21-13-6-7-22(19,20)10-13/h11-15H,4-10H2,1-3H3,(H,17,18)/t12-,13+,14-,15+/m1/s1. The lowest BCUT2D eigenvalue weighted by Crippen LogP contribution is -2.46. The lowest BCUT2D eigenvalue weighted by Gasteiger charge is -2.37. The fraction of sp³-hybridized carbons (Fsp3) is 0.938. The minimum atomic E-state index is -2.85. The monoisotopic (exact) mass is 347 g/mol. The van der Waals surface area contributed by atoms with Gasteiger partial charge in [0.2, 0.25) is 5.91 Å². The van der Waals surface area contributed by atoms with Crippen LogP contribution in [-0.2, 0) is 14.6 Å². The zero-order valence-electron chi connectivity index (χ0n) is 13.9. The van der Waals surface area contributed by atoms with Crippen molar-refractivity contribution in [3.63, 3.8) is 0 Å². The summed E-state index contributed by atoms with van der Waals surface area (Å²) in [5.74, 6) is 2.80. The first-order valence-corrected chi connectivity index (χ1v) is 11.2. The Bertz CT molecular complexity index is 490. The van der Waals surface area contributed by atoms with Crippen molar-refractivity contribution < 1.29 is 13.2 Å². The zero-order valence-corrected chi connectivity index (χ0v) is 15.5. The summed E-state index contributed by atoms with van der Waals surface area (Å²) in [4.78, 5) is 12.2. The molecule has 0 aromatic carbocycles. The lowest BCUT2D eigenvalue weighted by molar-refractivity contribution is -0.120. The molecule has 0 aromatic heterocycles. The van der Waals surface area contributed by atoms with E-state index < -0.39 is 9.84 Å². The van der Waals surface area contributed by atoms with Crippen molar-refractivity contribution in [2.45, 2.75) is 57.7 Å². The van der Waals surface area contributed by atoms with Gasteiger partial charge in [-0.15, -0.1) is 11.8 Å². The summed E-state index contributed by atoms with van der Waals surface area (Å²) in [5, 5.41) is 3.32. The van der Waals surface area contributed by atoms with Crippen molar-refractivity contribution in [2.24, 2.45) is 17.8 Å². The minimum Gasteiger partial charge on any atom is -0.352 e. The van der Waals surface area contributed by atoms with Gasteiger partial charge in [0.25, 0.3) is 0 Å². The van der Waals surface area contributed by atoms with Crippen LogP contribution in [0, 0.1) is 17.8 Å². The molecule has 2 aliphatic rings. The summed E-state index contributed by atoms with van der Waals surface area (Å²) in [6.07, 6.45) is 4.20. The van der Waals surface area contributed by atoms with Gasteiger partial charge >= 0.3 is 0 Å². The molecule has 6 heteroatoms. The highest BCUT2D eigenvalue weighted by atomic mass is 32.2. The predicted octanol–water partition coefficient (Wildman–Crippen LogP) is 2.48. The predicted molar refractivity (Wildman–Crippen MR) is 92.8 cm³/mol. The molecule has 1 heterocycles. The number of thioether (sulfide) groups is 1. The SMILES string of the molecule is CC(C)[C@H]1CC[C@@H](C)C[C@@H]1NC(=O)CS[C@H]1CCS(=O)(=O)C1. The number of amides is 1. The highest BCUT2D eigenvalue weighted by Gasteiger charge is 2.32. The molecule has 0 unspecified atom stereocenters. The highest BCUT2D eigenvalue weighted by Crippen LogP contribution is 2.33. The first kappa shape index (κ1) is 18.1. The van der Waals surface area contributed by atoms with E-state index in [9.17, 15) is 13.2 Å². The third kappa shape index (κ3) is 5.15. The summed E-state index contributed by atoms with van der Waals surface area (Å²) < 4.78 is 22.9. The maximum Gasteiger partial charge on any atom is 0.230 e. The van der Waals surface area contributed by atoms with Gasteiger partial charge in [-0.25, -0.2) is 8.42 Å². The van der Waals surface area contributed by atoms with Crippen molar-refractivity contribution in [3.8, 4) is 0 Å². The van der Waals surface area contributed by atoms with Crippen LogP contribution in [0.15, 0.2) is 0 Å². The van der Waals surface area contributed by atoms with E-state index in [0.29, 0.717) is 29.9 Å². The van der Waals surface area contributed by atoms with Crippen LogP contribution in [-0.4, -0.2) is 42.9 Å². The molecule has 4 atom stereocenters. The van der Waals surface area contributed by atoms with E-state index >= 15 is 0 Å². The number of sulfone groups is 1. The van der Waals surface area contributed by atoms with E-state index in [1.807, 2.05) is 0 Å². The molecule has 1 aliphatic carbocycles. The van der Waals surface area contributed by atoms with Crippen LogP contribution in [0.1, 0.15) is 46.5 Å². The summed E-state index contributed by atoms with van der Waals surface area (Å²) in [6, 6.07) is 0.282. The molecule has 0 radical (unpaired) electrons. The highest BCUT2D eigenvalue weighted by molar-refractivity contribution is 8.02. The Kier molecular flexibility index (Phi) is 6.22. The fourth-order valence-corrected chi connectivity index (χ4v) is 7.16. The third-order valence-electron chi connectivity index (χ3n) is 5.01. The molecule has 1 saturated heterocycles. The first-order chi connectivity index (χ1) is 10.3. The molecular weight excluding hydrogens is 318 g/mol. The Morgan fingerprint density at radius 2 is 2.00 bits per heavy atom. The molecule has 1 aliphatic heterocycles. The summed E-state index contributed by atoms with van der Waals surface area (Å²) in [6.45, 7) is 6.73. The second kappa shape index (κ2) is 7.56. The Hall–Kier alpha value is -0.230. The normalized spacial score (nSPS) is 34.7.